The second-order valence-corrected chi connectivity index (χ2v) is 7.42. The van der Waals surface area contributed by atoms with Crippen LogP contribution in [0.5, 0.6) is 0 Å². The van der Waals surface area contributed by atoms with E-state index in [1.54, 1.807) is 29.7 Å². The molecule has 160 valence electrons. The molecule has 0 aliphatic rings. The number of fused-ring (bicyclic) bond motifs is 1. The topological polar surface area (TPSA) is 64.7 Å². The molecule has 0 atom stereocenters. The molecule has 0 fully saturated rings. The van der Waals surface area contributed by atoms with Gasteiger partial charge in [0.15, 0.2) is 11.2 Å². The van der Waals surface area contributed by atoms with Crippen molar-refractivity contribution in [1.29, 1.82) is 0 Å². The first-order valence-corrected chi connectivity index (χ1v) is 9.69. The second-order valence-electron chi connectivity index (χ2n) is 7.01. The fourth-order valence-corrected chi connectivity index (χ4v) is 3.46. The van der Waals surface area contributed by atoms with E-state index in [1.165, 1.54) is 0 Å². The number of imidazole rings is 1. The van der Waals surface area contributed by atoms with Gasteiger partial charge >= 0.3 is 11.7 Å². The summed E-state index contributed by atoms with van der Waals surface area (Å²) in [6, 6.07) is 14.5. The fourth-order valence-electron chi connectivity index (χ4n) is 3.29. The zero-order valence-corrected chi connectivity index (χ0v) is 17.1. The lowest BCUT2D eigenvalue weighted by molar-refractivity contribution is -0.140. The molecule has 4 rings (SSSR count). The van der Waals surface area contributed by atoms with Crippen LogP contribution in [0.25, 0.3) is 11.2 Å². The molecule has 0 amide bonds. The van der Waals surface area contributed by atoms with Gasteiger partial charge in [-0.3, -0.25) is 9.36 Å². The van der Waals surface area contributed by atoms with E-state index in [1.807, 2.05) is 30.3 Å². The first-order valence-electron chi connectivity index (χ1n) is 9.31. The van der Waals surface area contributed by atoms with Crippen molar-refractivity contribution in [3.63, 3.8) is 0 Å². The Balaban J connectivity index is 1.89. The van der Waals surface area contributed by atoms with Crippen LogP contribution in [0.2, 0.25) is 5.02 Å². The molecule has 2 heterocycles. The zero-order chi connectivity index (χ0) is 22.2. The number of halogens is 4. The lowest BCUT2D eigenvalue weighted by Crippen LogP contribution is -2.23. The Bertz CT molecular complexity index is 1300. The minimum atomic E-state index is -4.50. The van der Waals surface area contributed by atoms with Gasteiger partial charge in [0.2, 0.25) is 5.95 Å². The van der Waals surface area contributed by atoms with Crippen LogP contribution < -0.4 is 10.9 Å². The molecular formula is C21H17ClF3N5O. The lowest BCUT2D eigenvalue weighted by Gasteiger charge is -2.17. The third kappa shape index (κ3) is 4.41. The van der Waals surface area contributed by atoms with Crippen molar-refractivity contribution in [1.82, 2.24) is 19.1 Å². The van der Waals surface area contributed by atoms with Crippen molar-refractivity contribution in [2.45, 2.75) is 26.2 Å². The van der Waals surface area contributed by atoms with Crippen molar-refractivity contribution in [2.75, 3.05) is 5.32 Å². The molecule has 0 aliphatic carbocycles. The van der Waals surface area contributed by atoms with E-state index in [0.29, 0.717) is 10.7 Å². The molecular weight excluding hydrogens is 431 g/mol. The standard InChI is InChI=1S/C21H17ClF3N5O/c1-13-15(22)8-5-9-16(13)27-20-28-19(31)17-18(26-12-29(17)11-21(23,24)25)30(20)10-14-6-3-2-4-7-14/h2-9,12H,10-11H2,1H3,(H,27,28,31). The van der Waals surface area contributed by atoms with E-state index >= 15 is 0 Å². The average Bonchev–Trinajstić information content (AvgIpc) is 3.11. The number of alkyl halides is 3. The number of aromatic nitrogens is 4. The highest BCUT2D eigenvalue weighted by Crippen LogP contribution is 2.27. The molecule has 1 N–H and O–H groups in total. The van der Waals surface area contributed by atoms with E-state index in [-0.39, 0.29) is 23.7 Å². The third-order valence-electron chi connectivity index (χ3n) is 4.79. The van der Waals surface area contributed by atoms with Gasteiger partial charge in [0, 0.05) is 10.7 Å². The van der Waals surface area contributed by atoms with Gasteiger partial charge in [0.05, 0.1) is 12.9 Å². The van der Waals surface area contributed by atoms with Gasteiger partial charge < -0.3 is 9.88 Å². The predicted octanol–water partition coefficient (Wildman–Crippen LogP) is 4.91. The second kappa shape index (κ2) is 8.07. The summed E-state index contributed by atoms with van der Waals surface area (Å²) in [6.45, 7) is 0.725. The quantitative estimate of drug-likeness (QED) is 0.472. The van der Waals surface area contributed by atoms with Gasteiger partial charge in [0.25, 0.3) is 0 Å². The monoisotopic (exact) mass is 447 g/mol. The molecule has 0 aliphatic heterocycles. The number of anilines is 2. The molecule has 0 spiro atoms. The minimum Gasteiger partial charge on any atom is -0.325 e. The maximum atomic E-state index is 13.0. The summed E-state index contributed by atoms with van der Waals surface area (Å²) >= 11 is 6.19. The molecule has 6 nitrogen and oxygen atoms in total. The highest BCUT2D eigenvalue weighted by atomic mass is 35.5. The number of hydrogen-bond acceptors (Lipinski definition) is 4. The van der Waals surface area contributed by atoms with E-state index < -0.39 is 18.3 Å². The summed E-state index contributed by atoms with van der Waals surface area (Å²) in [5.74, 6) is 0.156. The summed E-state index contributed by atoms with van der Waals surface area (Å²) in [4.78, 5) is 20.9. The van der Waals surface area contributed by atoms with Crippen molar-refractivity contribution in [3.8, 4) is 0 Å². The minimum absolute atomic E-state index is 0.107. The maximum Gasteiger partial charge on any atom is 0.406 e. The normalized spacial score (nSPS) is 11.8. The molecule has 0 saturated heterocycles. The summed E-state index contributed by atoms with van der Waals surface area (Å²) in [5.41, 5.74) is 1.33. The number of nitrogens with one attached hydrogen (secondary N) is 1. The van der Waals surface area contributed by atoms with E-state index in [0.717, 1.165) is 22.0 Å². The Morgan fingerprint density at radius 2 is 1.84 bits per heavy atom. The first kappa shape index (κ1) is 20.9. The Hall–Kier alpha value is -3.33. The van der Waals surface area contributed by atoms with E-state index in [9.17, 15) is 18.0 Å². The van der Waals surface area contributed by atoms with Gasteiger partial charge in [-0.25, -0.2) is 4.98 Å². The van der Waals surface area contributed by atoms with Crippen LogP contribution in [0, 0.1) is 6.92 Å². The van der Waals surface area contributed by atoms with Crippen LogP contribution in [0.3, 0.4) is 0 Å². The van der Waals surface area contributed by atoms with Crippen molar-refractivity contribution in [2.24, 2.45) is 0 Å². The van der Waals surface area contributed by atoms with Crippen LogP contribution in [-0.2, 0) is 13.1 Å². The summed E-state index contributed by atoms with van der Waals surface area (Å²) in [6.07, 6.45) is -3.49. The highest BCUT2D eigenvalue weighted by Gasteiger charge is 2.30. The van der Waals surface area contributed by atoms with Crippen LogP contribution in [0.4, 0.5) is 24.8 Å². The van der Waals surface area contributed by atoms with Crippen LogP contribution in [-0.4, -0.2) is 25.3 Å². The van der Waals surface area contributed by atoms with Crippen molar-refractivity contribution in [3.05, 3.63) is 81.4 Å². The SMILES string of the molecule is Cc1c(Cl)cccc1Nc1nc(=O)c2c(ncn2CC(F)(F)F)n1Cc1ccccc1. The number of nitrogens with zero attached hydrogens (tertiary/aromatic N) is 4. The van der Waals surface area contributed by atoms with Crippen LogP contribution in [0.15, 0.2) is 59.7 Å². The number of hydrogen-bond donors (Lipinski definition) is 1. The average molecular weight is 448 g/mol. The first-order chi connectivity index (χ1) is 14.7. The van der Waals surface area contributed by atoms with Crippen molar-refractivity contribution >= 4 is 34.4 Å². The molecule has 0 unspecified atom stereocenters. The molecule has 0 bridgehead atoms. The Labute approximate surface area is 179 Å². The Morgan fingerprint density at radius 3 is 2.55 bits per heavy atom. The maximum absolute atomic E-state index is 13.0. The van der Waals surface area contributed by atoms with Gasteiger partial charge in [-0.15, -0.1) is 0 Å². The molecule has 4 aromatic rings. The fraction of sp³-hybridized carbons (Fsp3) is 0.190. The molecule has 2 aromatic carbocycles. The largest absolute Gasteiger partial charge is 0.406 e. The van der Waals surface area contributed by atoms with Gasteiger partial charge in [-0.05, 0) is 30.2 Å². The molecule has 0 saturated carbocycles. The Kier molecular flexibility index (Phi) is 5.45. The lowest BCUT2D eigenvalue weighted by atomic mass is 10.2. The molecule has 31 heavy (non-hydrogen) atoms. The third-order valence-corrected chi connectivity index (χ3v) is 5.20. The summed E-state index contributed by atoms with van der Waals surface area (Å²) in [5, 5.41) is 3.61. The van der Waals surface area contributed by atoms with E-state index in [2.05, 4.69) is 15.3 Å². The van der Waals surface area contributed by atoms with Crippen LogP contribution >= 0.6 is 11.6 Å². The van der Waals surface area contributed by atoms with Gasteiger partial charge in [-0.1, -0.05) is 48.0 Å². The van der Waals surface area contributed by atoms with Crippen molar-refractivity contribution < 1.29 is 13.2 Å². The summed E-state index contributed by atoms with van der Waals surface area (Å²) < 4.78 is 41.3. The van der Waals surface area contributed by atoms with Gasteiger partial charge in [0.1, 0.15) is 6.54 Å². The summed E-state index contributed by atoms with van der Waals surface area (Å²) in [7, 11) is 0. The van der Waals surface area contributed by atoms with E-state index in [4.69, 9.17) is 11.6 Å². The smallest absolute Gasteiger partial charge is 0.325 e. The van der Waals surface area contributed by atoms with Gasteiger partial charge in [-0.2, -0.15) is 18.2 Å². The predicted molar refractivity (Wildman–Crippen MR) is 113 cm³/mol. The Morgan fingerprint density at radius 1 is 1.10 bits per heavy atom. The molecule has 10 heteroatoms. The molecule has 2 aromatic heterocycles. The zero-order valence-electron chi connectivity index (χ0n) is 16.3. The van der Waals surface area contributed by atoms with Crippen LogP contribution in [0.1, 0.15) is 11.1 Å². The molecule has 0 radical (unpaired) electrons. The number of benzene rings is 2. The highest BCUT2D eigenvalue weighted by molar-refractivity contribution is 6.31. The number of rotatable bonds is 5.